The van der Waals surface area contributed by atoms with Crippen molar-refractivity contribution in [3.8, 4) is 5.88 Å². The highest BCUT2D eigenvalue weighted by Gasteiger charge is 2.63. The molecular weight excluding hydrogens is 480 g/mol. The molecule has 0 aliphatic carbocycles. The molecule has 12 nitrogen and oxygen atoms in total. The monoisotopic (exact) mass is 506 g/mol. The van der Waals surface area contributed by atoms with Crippen LogP contribution in [-0.2, 0) is 22.6 Å². The van der Waals surface area contributed by atoms with Gasteiger partial charge in [0.05, 0.1) is 11.7 Å². The van der Waals surface area contributed by atoms with E-state index in [-0.39, 0.29) is 24.6 Å². The number of hydrogen-bond donors (Lipinski definition) is 2. The fraction of sp³-hybridized carbons (Fsp3) is 0.360. The van der Waals surface area contributed by atoms with E-state index in [9.17, 15) is 29.1 Å². The van der Waals surface area contributed by atoms with Crippen LogP contribution in [0.1, 0.15) is 24.0 Å². The van der Waals surface area contributed by atoms with Crippen molar-refractivity contribution in [1.82, 2.24) is 19.4 Å². The number of hydrogen-bond acceptors (Lipinski definition) is 8. The van der Waals surface area contributed by atoms with Gasteiger partial charge in [0.1, 0.15) is 5.56 Å². The van der Waals surface area contributed by atoms with Crippen LogP contribution in [-0.4, -0.2) is 75.2 Å². The highest BCUT2D eigenvalue weighted by atomic mass is 16.3. The molecule has 1 spiro atoms. The Bertz CT molecular complexity index is 1480. The van der Waals surface area contributed by atoms with Crippen molar-refractivity contribution in [3.63, 3.8) is 0 Å². The van der Waals surface area contributed by atoms with Gasteiger partial charge < -0.3 is 10.0 Å². The Balaban J connectivity index is 1.57. The first-order chi connectivity index (χ1) is 17.6. The van der Waals surface area contributed by atoms with Gasteiger partial charge >= 0.3 is 11.7 Å². The molecular formula is C25H26N6O6. The van der Waals surface area contributed by atoms with E-state index >= 15 is 0 Å². The molecule has 1 aromatic heterocycles. The van der Waals surface area contributed by atoms with Crippen molar-refractivity contribution < 1.29 is 19.5 Å². The minimum absolute atomic E-state index is 0.00628. The summed E-state index contributed by atoms with van der Waals surface area (Å²) in [4.78, 5) is 74.2. The molecule has 192 valence electrons. The Labute approximate surface area is 211 Å². The van der Waals surface area contributed by atoms with Gasteiger partial charge in [0.15, 0.2) is 5.41 Å². The summed E-state index contributed by atoms with van der Waals surface area (Å²) in [6.45, 7) is 4.19. The lowest BCUT2D eigenvalue weighted by Gasteiger charge is -2.50. The molecule has 5 rings (SSSR count). The predicted molar refractivity (Wildman–Crippen MR) is 134 cm³/mol. The Morgan fingerprint density at radius 3 is 2.54 bits per heavy atom. The SMILES string of the molecule is C=CCn1c(O)c(C=Nc2ccc3c(c2)CC2(C(=O)N(C)C(=O)N(C)C2=O)[C@@H]2CCCN32)c(=O)[nH]c1=O. The highest BCUT2D eigenvalue weighted by molar-refractivity contribution is 6.20. The number of allylic oxidation sites excluding steroid dienone is 1. The Kier molecular flexibility index (Phi) is 5.61. The van der Waals surface area contributed by atoms with Crippen molar-refractivity contribution in [3.05, 3.63) is 62.8 Å². The van der Waals surface area contributed by atoms with Crippen LogP contribution < -0.4 is 16.1 Å². The maximum atomic E-state index is 13.5. The Morgan fingerprint density at radius 2 is 1.86 bits per heavy atom. The van der Waals surface area contributed by atoms with E-state index in [0.717, 1.165) is 32.7 Å². The minimum Gasteiger partial charge on any atom is -0.494 e. The molecule has 37 heavy (non-hydrogen) atoms. The number of barbiturate groups is 1. The van der Waals surface area contributed by atoms with Gasteiger partial charge in [-0.3, -0.25) is 38.7 Å². The molecule has 1 aromatic carbocycles. The van der Waals surface area contributed by atoms with E-state index < -0.39 is 40.4 Å². The largest absolute Gasteiger partial charge is 0.494 e. The zero-order valence-corrected chi connectivity index (χ0v) is 20.4. The van der Waals surface area contributed by atoms with E-state index in [1.165, 1.54) is 20.2 Å². The number of benzene rings is 1. The minimum atomic E-state index is -1.43. The quantitative estimate of drug-likeness (QED) is 0.353. The van der Waals surface area contributed by atoms with E-state index in [1.807, 2.05) is 6.07 Å². The summed E-state index contributed by atoms with van der Waals surface area (Å²) in [5.41, 5.74) is -1.18. The highest BCUT2D eigenvalue weighted by Crippen LogP contribution is 2.49. The number of anilines is 1. The predicted octanol–water partition coefficient (Wildman–Crippen LogP) is 0.740. The fourth-order valence-corrected chi connectivity index (χ4v) is 5.71. The molecule has 2 saturated heterocycles. The molecule has 0 saturated carbocycles. The number of urea groups is 1. The van der Waals surface area contributed by atoms with Gasteiger partial charge in [0.25, 0.3) is 5.56 Å². The number of nitrogens with one attached hydrogen (secondary N) is 1. The molecule has 2 aromatic rings. The number of aromatic hydroxyl groups is 1. The van der Waals surface area contributed by atoms with Crippen LogP contribution >= 0.6 is 0 Å². The first-order valence-corrected chi connectivity index (χ1v) is 11.8. The average molecular weight is 507 g/mol. The summed E-state index contributed by atoms with van der Waals surface area (Å²) in [6, 6.07) is 4.29. The van der Waals surface area contributed by atoms with Gasteiger partial charge in [-0.1, -0.05) is 6.08 Å². The number of aromatic nitrogens is 2. The zero-order valence-electron chi connectivity index (χ0n) is 20.4. The molecule has 0 unspecified atom stereocenters. The summed E-state index contributed by atoms with van der Waals surface area (Å²) in [7, 11) is 2.78. The number of H-pyrrole nitrogens is 1. The van der Waals surface area contributed by atoms with Crippen LogP contribution in [0.15, 0.2) is 45.4 Å². The number of nitrogens with zero attached hydrogens (tertiary/aromatic N) is 5. The van der Waals surface area contributed by atoms with E-state index in [0.29, 0.717) is 24.2 Å². The maximum absolute atomic E-state index is 13.5. The van der Waals surface area contributed by atoms with Crippen molar-refractivity contribution >= 4 is 35.4 Å². The second-order valence-electron chi connectivity index (χ2n) is 9.48. The number of amides is 4. The number of carbonyl (C=O) groups excluding carboxylic acids is 3. The second kappa shape index (κ2) is 8.57. The molecule has 0 bridgehead atoms. The molecule has 4 amide bonds. The lowest BCUT2D eigenvalue weighted by molar-refractivity contribution is -0.159. The standard InChI is InChI=1S/C25H26N6O6/c1-4-9-31-20(33)16(19(32)27-23(31)36)13-26-15-7-8-17-14(11-15)12-25(18-6-5-10-30(17)18)21(34)28(2)24(37)29(3)22(25)35/h4,7-8,11,13,18,33H,1,5-6,9-10,12H2,2-3H3,(H,27,32,36)/t18-/m0/s1. The number of carbonyl (C=O) groups is 3. The maximum Gasteiger partial charge on any atom is 0.332 e. The van der Waals surface area contributed by atoms with Crippen LogP contribution in [0.4, 0.5) is 16.2 Å². The topological polar surface area (TPSA) is 148 Å². The third kappa shape index (κ3) is 3.43. The first-order valence-electron chi connectivity index (χ1n) is 11.8. The average Bonchev–Trinajstić information content (AvgIpc) is 3.38. The third-order valence-corrected chi connectivity index (χ3v) is 7.47. The number of imide groups is 2. The van der Waals surface area contributed by atoms with E-state index in [2.05, 4.69) is 21.5 Å². The van der Waals surface area contributed by atoms with Gasteiger partial charge in [0.2, 0.25) is 17.7 Å². The molecule has 1 atom stereocenters. The third-order valence-electron chi connectivity index (χ3n) is 7.47. The smallest absolute Gasteiger partial charge is 0.332 e. The summed E-state index contributed by atoms with van der Waals surface area (Å²) in [5.74, 6) is -1.57. The summed E-state index contributed by atoms with van der Waals surface area (Å²) < 4.78 is 0.953. The molecule has 2 fully saturated rings. The zero-order chi connectivity index (χ0) is 26.6. The van der Waals surface area contributed by atoms with Crippen LogP contribution in [0.2, 0.25) is 0 Å². The molecule has 3 aliphatic rings. The summed E-state index contributed by atoms with van der Waals surface area (Å²) in [6.07, 6.45) is 4.11. The number of aromatic amines is 1. The molecule has 12 heteroatoms. The van der Waals surface area contributed by atoms with Crippen LogP contribution in [0, 0.1) is 5.41 Å². The van der Waals surface area contributed by atoms with Gasteiger partial charge in [-0.15, -0.1) is 6.58 Å². The van der Waals surface area contributed by atoms with Crippen molar-refractivity contribution in [2.45, 2.75) is 31.8 Å². The van der Waals surface area contributed by atoms with Crippen LogP contribution in [0.3, 0.4) is 0 Å². The van der Waals surface area contributed by atoms with Gasteiger partial charge in [-0.25, -0.2) is 9.59 Å². The number of aliphatic imine (C=N–C) groups is 1. The lowest BCUT2D eigenvalue weighted by atomic mass is 9.68. The first kappa shape index (κ1) is 24.2. The Morgan fingerprint density at radius 1 is 1.16 bits per heavy atom. The van der Waals surface area contributed by atoms with Gasteiger partial charge in [-0.05, 0) is 43.0 Å². The van der Waals surface area contributed by atoms with Crippen LogP contribution in [0.5, 0.6) is 5.88 Å². The Hall–Kier alpha value is -4.48. The van der Waals surface area contributed by atoms with E-state index in [4.69, 9.17) is 0 Å². The fourth-order valence-electron chi connectivity index (χ4n) is 5.71. The van der Waals surface area contributed by atoms with Crippen LogP contribution in [0.25, 0.3) is 0 Å². The summed E-state index contributed by atoms with van der Waals surface area (Å²) in [5, 5.41) is 10.4. The molecule has 4 heterocycles. The second-order valence-corrected chi connectivity index (χ2v) is 9.48. The van der Waals surface area contributed by atoms with Crippen molar-refractivity contribution in [2.75, 3.05) is 25.5 Å². The molecule has 3 aliphatic heterocycles. The van der Waals surface area contributed by atoms with Crippen molar-refractivity contribution in [1.29, 1.82) is 0 Å². The number of rotatable bonds is 4. The van der Waals surface area contributed by atoms with E-state index in [1.54, 1.807) is 12.1 Å². The molecule has 2 N–H and O–H groups in total. The molecule has 0 radical (unpaired) electrons. The number of fused-ring (bicyclic) bond motifs is 4. The lowest BCUT2D eigenvalue weighted by Crippen LogP contribution is -2.70. The summed E-state index contributed by atoms with van der Waals surface area (Å²) >= 11 is 0. The van der Waals surface area contributed by atoms with Crippen molar-refractivity contribution in [2.24, 2.45) is 10.4 Å². The van der Waals surface area contributed by atoms with Gasteiger partial charge in [0, 0.05) is 39.1 Å². The normalized spacial score (nSPS) is 20.6. The van der Waals surface area contributed by atoms with Gasteiger partial charge in [-0.2, -0.15) is 0 Å².